The summed E-state index contributed by atoms with van der Waals surface area (Å²) in [7, 11) is 5.09. The highest BCUT2D eigenvalue weighted by Crippen LogP contribution is 2.44. The second kappa shape index (κ2) is 9.99. The molecular weight excluding hydrogens is 474 g/mol. The number of aryl methyl sites for hydroxylation is 1. The molecule has 0 bridgehead atoms. The number of hydrogen-bond donors (Lipinski definition) is 1. The van der Waals surface area contributed by atoms with Gasteiger partial charge >= 0.3 is 0 Å². The molecule has 1 aromatic heterocycles. The molecule has 184 valence electrons. The maximum atomic E-state index is 14.0. The summed E-state index contributed by atoms with van der Waals surface area (Å²) in [6.07, 6.45) is 0. The van der Waals surface area contributed by atoms with Crippen LogP contribution in [0.25, 0.3) is 10.9 Å². The predicted molar refractivity (Wildman–Crippen MR) is 142 cm³/mol. The molecular formula is C28H27N3O4S. The van der Waals surface area contributed by atoms with Crippen molar-refractivity contribution in [3.05, 3.63) is 83.9 Å². The van der Waals surface area contributed by atoms with Gasteiger partial charge in [-0.25, -0.2) is 0 Å². The molecule has 1 N–H and O–H groups in total. The van der Waals surface area contributed by atoms with Gasteiger partial charge in [0, 0.05) is 41.8 Å². The Morgan fingerprint density at radius 1 is 1.00 bits per heavy atom. The minimum Gasteiger partial charge on any atom is -0.493 e. The molecule has 4 aromatic rings. The monoisotopic (exact) mass is 501 g/mol. The van der Waals surface area contributed by atoms with Crippen LogP contribution in [0, 0.1) is 0 Å². The minimum absolute atomic E-state index is 0.160. The van der Waals surface area contributed by atoms with E-state index in [2.05, 4.69) is 9.88 Å². The molecule has 3 aromatic carbocycles. The number of para-hydroxylation sites is 1. The van der Waals surface area contributed by atoms with Crippen molar-refractivity contribution in [2.24, 2.45) is 7.05 Å². The number of nitrogens with one attached hydrogen (secondary N) is 1. The zero-order chi connectivity index (χ0) is 25.2. The third-order valence-electron chi connectivity index (χ3n) is 6.43. The van der Waals surface area contributed by atoms with E-state index in [0.717, 1.165) is 27.1 Å². The molecule has 36 heavy (non-hydrogen) atoms. The first-order valence-corrected chi connectivity index (χ1v) is 12.6. The van der Waals surface area contributed by atoms with E-state index in [1.54, 1.807) is 37.3 Å². The topological polar surface area (TPSA) is 72.8 Å². The number of thioether (sulfide) groups is 1. The van der Waals surface area contributed by atoms with E-state index in [0.29, 0.717) is 23.7 Å². The third-order valence-corrected chi connectivity index (χ3v) is 7.59. The minimum atomic E-state index is -0.865. The Kier molecular flexibility index (Phi) is 6.61. The fourth-order valence-corrected chi connectivity index (χ4v) is 5.78. The number of carbonyl (C=O) groups is 2. The van der Waals surface area contributed by atoms with Crippen LogP contribution in [0.2, 0.25) is 0 Å². The van der Waals surface area contributed by atoms with Gasteiger partial charge in [0.2, 0.25) is 11.8 Å². The fourth-order valence-electron chi connectivity index (χ4n) is 4.71. The van der Waals surface area contributed by atoms with E-state index < -0.39 is 6.04 Å². The first-order chi connectivity index (χ1) is 17.5. The van der Waals surface area contributed by atoms with Crippen LogP contribution in [0.15, 0.2) is 77.8 Å². The summed E-state index contributed by atoms with van der Waals surface area (Å²) >= 11 is 1.46. The van der Waals surface area contributed by atoms with E-state index in [-0.39, 0.29) is 17.6 Å². The molecule has 0 saturated heterocycles. The first kappa shape index (κ1) is 23.8. The molecule has 8 heteroatoms. The maximum absolute atomic E-state index is 14.0. The second-order valence-corrected chi connectivity index (χ2v) is 9.46. The van der Waals surface area contributed by atoms with Crippen molar-refractivity contribution in [1.29, 1.82) is 0 Å². The highest BCUT2D eigenvalue weighted by Gasteiger charge is 2.40. The van der Waals surface area contributed by atoms with Crippen LogP contribution in [0.4, 0.5) is 5.69 Å². The van der Waals surface area contributed by atoms with Gasteiger partial charge in [-0.3, -0.25) is 14.5 Å². The van der Waals surface area contributed by atoms with Crippen LogP contribution in [-0.2, 0) is 23.2 Å². The number of amides is 2. The van der Waals surface area contributed by atoms with Crippen LogP contribution in [0.1, 0.15) is 17.2 Å². The molecule has 0 unspecified atom stereocenters. The standard InChI is InChI=1S/C28H27N3O4S/c1-30-21-12-8-7-11-20(21)25-26(27(33)29-16-18-9-5-4-6-10-18)31(24(32)17-36-28(25)30)19-13-14-22(34-2)23(15-19)35-3/h4-15,26H,16-17H2,1-3H3,(H,29,33)/t26-/m0/s1. The molecule has 0 aliphatic carbocycles. The summed E-state index contributed by atoms with van der Waals surface area (Å²) in [4.78, 5) is 29.2. The zero-order valence-electron chi connectivity index (χ0n) is 20.4. The van der Waals surface area contributed by atoms with Crippen molar-refractivity contribution in [2.75, 3.05) is 24.9 Å². The van der Waals surface area contributed by atoms with Gasteiger partial charge in [0.25, 0.3) is 0 Å². The predicted octanol–water partition coefficient (Wildman–Crippen LogP) is 4.69. The van der Waals surface area contributed by atoms with E-state index >= 15 is 0 Å². The Morgan fingerprint density at radius 3 is 2.47 bits per heavy atom. The third kappa shape index (κ3) is 4.18. The Hall–Kier alpha value is -3.91. The van der Waals surface area contributed by atoms with E-state index in [4.69, 9.17) is 9.47 Å². The van der Waals surface area contributed by atoms with E-state index in [1.807, 2.05) is 61.6 Å². The Bertz CT molecular complexity index is 1430. The van der Waals surface area contributed by atoms with Crippen molar-refractivity contribution in [1.82, 2.24) is 9.88 Å². The number of benzene rings is 3. The van der Waals surface area contributed by atoms with Crippen molar-refractivity contribution in [3.8, 4) is 11.5 Å². The number of methoxy groups -OCH3 is 2. The maximum Gasteiger partial charge on any atom is 0.248 e. The zero-order valence-corrected chi connectivity index (χ0v) is 21.2. The van der Waals surface area contributed by atoms with Crippen LogP contribution in [0.3, 0.4) is 0 Å². The number of rotatable bonds is 6. The molecule has 2 heterocycles. The van der Waals surface area contributed by atoms with Crippen LogP contribution >= 0.6 is 11.8 Å². The summed E-state index contributed by atoms with van der Waals surface area (Å²) in [5.41, 5.74) is 3.39. The van der Waals surface area contributed by atoms with Gasteiger partial charge in [-0.2, -0.15) is 0 Å². The Balaban J connectivity index is 1.66. The van der Waals surface area contributed by atoms with E-state index in [1.165, 1.54) is 11.8 Å². The summed E-state index contributed by atoms with van der Waals surface area (Å²) in [5, 5.41) is 4.93. The lowest BCUT2D eigenvalue weighted by molar-refractivity contribution is -0.125. The molecule has 0 saturated carbocycles. The van der Waals surface area contributed by atoms with Crippen molar-refractivity contribution < 1.29 is 19.1 Å². The average Bonchev–Trinajstić information content (AvgIpc) is 3.09. The fraction of sp³-hybridized carbons (Fsp3) is 0.214. The molecule has 1 aliphatic heterocycles. The molecule has 0 fully saturated rings. The van der Waals surface area contributed by atoms with Gasteiger partial charge in [0.1, 0.15) is 6.04 Å². The summed E-state index contributed by atoms with van der Waals surface area (Å²) in [5.74, 6) is 0.832. The molecule has 1 aliphatic rings. The summed E-state index contributed by atoms with van der Waals surface area (Å²) < 4.78 is 13.0. The number of aromatic nitrogens is 1. The number of carbonyl (C=O) groups excluding carboxylic acids is 2. The Labute approximate surface area is 214 Å². The van der Waals surface area contributed by atoms with Crippen molar-refractivity contribution in [2.45, 2.75) is 17.6 Å². The van der Waals surface area contributed by atoms with Gasteiger partial charge in [-0.05, 0) is 23.8 Å². The van der Waals surface area contributed by atoms with Crippen molar-refractivity contribution >= 4 is 40.2 Å². The number of nitrogens with zero attached hydrogens (tertiary/aromatic N) is 2. The molecule has 7 nitrogen and oxygen atoms in total. The Morgan fingerprint density at radius 2 is 1.72 bits per heavy atom. The molecule has 1 atom stereocenters. The van der Waals surface area contributed by atoms with Crippen LogP contribution in [0.5, 0.6) is 11.5 Å². The molecule has 0 radical (unpaired) electrons. The molecule has 5 rings (SSSR count). The number of anilines is 1. The first-order valence-electron chi connectivity index (χ1n) is 11.6. The lowest BCUT2D eigenvalue weighted by atomic mass is 10.0. The van der Waals surface area contributed by atoms with Gasteiger partial charge in [0.05, 0.1) is 25.0 Å². The second-order valence-electron chi connectivity index (χ2n) is 8.49. The van der Waals surface area contributed by atoms with Crippen LogP contribution in [-0.4, -0.2) is 36.4 Å². The lowest BCUT2D eigenvalue weighted by Gasteiger charge is -2.30. The highest BCUT2D eigenvalue weighted by molar-refractivity contribution is 8.00. The van der Waals surface area contributed by atoms with E-state index in [9.17, 15) is 9.59 Å². The lowest BCUT2D eigenvalue weighted by Crippen LogP contribution is -2.43. The smallest absolute Gasteiger partial charge is 0.248 e. The quantitative estimate of drug-likeness (QED) is 0.415. The van der Waals surface area contributed by atoms with Gasteiger partial charge in [-0.1, -0.05) is 60.3 Å². The summed E-state index contributed by atoms with van der Waals surface area (Å²) in [6.45, 7) is 0.359. The average molecular weight is 502 g/mol. The summed E-state index contributed by atoms with van der Waals surface area (Å²) in [6, 6.07) is 22.1. The van der Waals surface area contributed by atoms with Gasteiger partial charge in [-0.15, -0.1) is 0 Å². The van der Waals surface area contributed by atoms with Gasteiger partial charge < -0.3 is 19.4 Å². The molecule has 2 amide bonds. The number of hydrogen-bond acceptors (Lipinski definition) is 5. The number of ether oxygens (including phenoxy) is 2. The normalized spacial score (nSPS) is 15.4. The largest absolute Gasteiger partial charge is 0.493 e. The molecule has 0 spiro atoms. The van der Waals surface area contributed by atoms with Crippen molar-refractivity contribution in [3.63, 3.8) is 0 Å². The number of fused-ring (bicyclic) bond motifs is 3. The highest BCUT2D eigenvalue weighted by atomic mass is 32.2. The van der Waals surface area contributed by atoms with Crippen LogP contribution < -0.4 is 19.7 Å². The SMILES string of the molecule is COc1ccc(N2C(=O)CSc3c(c4ccccc4n3C)[C@H]2C(=O)NCc2ccccc2)cc1OC. The van der Waals surface area contributed by atoms with Gasteiger partial charge in [0.15, 0.2) is 11.5 Å².